The van der Waals surface area contributed by atoms with Gasteiger partial charge in [-0.1, -0.05) is 48.2 Å². The lowest BCUT2D eigenvalue weighted by atomic mass is 10.2. The average molecular weight is 400 g/mol. The van der Waals surface area contributed by atoms with E-state index in [2.05, 4.69) is 5.32 Å². The Morgan fingerprint density at radius 1 is 1.15 bits per heavy atom. The second-order valence-corrected chi connectivity index (χ2v) is 7.80. The molecule has 0 saturated carbocycles. The van der Waals surface area contributed by atoms with Gasteiger partial charge in [-0.3, -0.25) is 14.5 Å². The Bertz CT molecular complexity index is 904. The molecule has 0 aromatic heterocycles. The molecule has 2 aliphatic rings. The number of hydrogen-bond donors (Lipinski definition) is 1. The molecule has 1 saturated heterocycles. The number of ether oxygens (including phenoxy) is 2. The third kappa shape index (κ3) is 3.63. The van der Waals surface area contributed by atoms with Crippen LogP contribution in [-0.2, 0) is 9.59 Å². The molecular formula is C19H16N2O4S2. The number of rotatable bonds is 4. The molecule has 4 rings (SSSR count). The van der Waals surface area contributed by atoms with Gasteiger partial charge in [-0.05, 0) is 24.3 Å². The van der Waals surface area contributed by atoms with Crippen molar-refractivity contribution in [3.05, 3.63) is 48.5 Å². The summed E-state index contributed by atoms with van der Waals surface area (Å²) in [5.74, 6) is 0.660. The Morgan fingerprint density at radius 2 is 1.93 bits per heavy atom. The molecule has 2 aliphatic heterocycles. The first kappa shape index (κ1) is 17.8. The largest absolute Gasteiger partial charge is 0.486 e. The minimum atomic E-state index is -0.547. The molecular weight excluding hydrogens is 384 g/mol. The number of hydrogen-bond acceptors (Lipinski definition) is 6. The molecule has 1 atom stereocenters. The number of carbonyl (C=O) groups excluding carboxylic acids is 2. The second-order valence-electron chi connectivity index (χ2n) is 5.96. The lowest BCUT2D eigenvalue weighted by Gasteiger charge is -2.21. The molecule has 1 unspecified atom stereocenters. The fourth-order valence-corrected chi connectivity index (χ4v) is 4.47. The third-order valence-corrected chi connectivity index (χ3v) is 5.66. The van der Waals surface area contributed by atoms with Gasteiger partial charge in [0.15, 0.2) is 11.5 Å². The summed E-state index contributed by atoms with van der Waals surface area (Å²) in [6.07, 6.45) is 0.0253. The van der Waals surface area contributed by atoms with E-state index in [1.165, 1.54) is 16.7 Å². The van der Waals surface area contributed by atoms with Crippen molar-refractivity contribution in [3.63, 3.8) is 0 Å². The zero-order valence-corrected chi connectivity index (χ0v) is 15.8. The van der Waals surface area contributed by atoms with Crippen molar-refractivity contribution >= 4 is 51.5 Å². The molecule has 1 N–H and O–H groups in total. The number of nitrogens with zero attached hydrogens (tertiary/aromatic N) is 1. The quantitative estimate of drug-likeness (QED) is 0.795. The van der Waals surface area contributed by atoms with Crippen LogP contribution in [0.15, 0.2) is 48.5 Å². The van der Waals surface area contributed by atoms with E-state index in [9.17, 15) is 9.59 Å². The second kappa shape index (κ2) is 7.58. The van der Waals surface area contributed by atoms with Crippen molar-refractivity contribution in [3.8, 4) is 11.5 Å². The van der Waals surface area contributed by atoms with Crippen LogP contribution in [0.2, 0.25) is 0 Å². The molecule has 1 fully saturated rings. The van der Waals surface area contributed by atoms with E-state index >= 15 is 0 Å². The van der Waals surface area contributed by atoms with Crippen LogP contribution in [0.1, 0.15) is 6.42 Å². The summed E-state index contributed by atoms with van der Waals surface area (Å²) in [4.78, 5) is 26.7. The maximum absolute atomic E-state index is 12.7. The van der Waals surface area contributed by atoms with E-state index in [1.807, 2.05) is 30.3 Å². The Morgan fingerprint density at radius 3 is 2.74 bits per heavy atom. The molecule has 2 amide bonds. The summed E-state index contributed by atoms with van der Waals surface area (Å²) in [6.45, 7) is 0.904. The van der Waals surface area contributed by atoms with Crippen LogP contribution in [0, 0.1) is 0 Å². The van der Waals surface area contributed by atoms with E-state index in [4.69, 9.17) is 21.7 Å². The van der Waals surface area contributed by atoms with Crippen molar-refractivity contribution in [2.24, 2.45) is 0 Å². The SMILES string of the molecule is O=C(CC1SC(=S)N(c2ccccc2)C1=O)Nc1cccc2c1OCCO2. The maximum atomic E-state index is 12.7. The van der Waals surface area contributed by atoms with Gasteiger partial charge < -0.3 is 14.8 Å². The molecule has 0 radical (unpaired) electrons. The molecule has 0 aliphatic carbocycles. The lowest BCUT2D eigenvalue weighted by Crippen LogP contribution is -2.32. The molecule has 0 spiro atoms. The highest BCUT2D eigenvalue weighted by Gasteiger charge is 2.39. The first-order valence-electron chi connectivity index (χ1n) is 8.41. The van der Waals surface area contributed by atoms with Crippen LogP contribution in [0.25, 0.3) is 0 Å². The predicted octanol–water partition coefficient (Wildman–Crippen LogP) is 3.22. The van der Waals surface area contributed by atoms with Gasteiger partial charge in [-0.25, -0.2) is 0 Å². The normalized spacial score (nSPS) is 18.5. The monoisotopic (exact) mass is 400 g/mol. The van der Waals surface area contributed by atoms with Crippen molar-refractivity contribution in [1.82, 2.24) is 0 Å². The van der Waals surface area contributed by atoms with Crippen molar-refractivity contribution in [2.75, 3.05) is 23.4 Å². The fourth-order valence-electron chi connectivity index (χ4n) is 2.94. The highest BCUT2D eigenvalue weighted by molar-refractivity contribution is 8.25. The summed E-state index contributed by atoms with van der Waals surface area (Å²) in [5.41, 5.74) is 1.25. The molecule has 2 aromatic carbocycles. The van der Waals surface area contributed by atoms with Gasteiger partial charge in [-0.15, -0.1) is 0 Å². The number of amides is 2. The number of benzene rings is 2. The minimum absolute atomic E-state index is 0.0253. The molecule has 6 nitrogen and oxygen atoms in total. The van der Waals surface area contributed by atoms with Crippen LogP contribution in [0.3, 0.4) is 0 Å². The highest BCUT2D eigenvalue weighted by Crippen LogP contribution is 2.38. The number of para-hydroxylation sites is 2. The molecule has 27 heavy (non-hydrogen) atoms. The van der Waals surface area contributed by atoms with Crippen molar-refractivity contribution < 1.29 is 19.1 Å². The highest BCUT2D eigenvalue weighted by atomic mass is 32.2. The Labute approximate surface area is 165 Å². The minimum Gasteiger partial charge on any atom is -0.486 e. The number of nitrogens with one attached hydrogen (secondary N) is 1. The first-order chi connectivity index (χ1) is 13.1. The van der Waals surface area contributed by atoms with Crippen LogP contribution < -0.4 is 19.7 Å². The van der Waals surface area contributed by atoms with Gasteiger partial charge in [-0.2, -0.15) is 0 Å². The fraction of sp³-hybridized carbons (Fsp3) is 0.211. The topological polar surface area (TPSA) is 67.9 Å². The van der Waals surface area contributed by atoms with Crippen molar-refractivity contribution in [1.29, 1.82) is 0 Å². The number of anilines is 2. The van der Waals surface area contributed by atoms with E-state index in [1.54, 1.807) is 18.2 Å². The lowest BCUT2D eigenvalue weighted by molar-refractivity contribution is -0.121. The molecule has 0 bridgehead atoms. The third-order valence-electron chi connectivity index (χ3n) is 4.15. The Kier molecular flexibility index (Phi) is 5.00. The van der Waals surface area contributed by atoms with Gasteiger partial charge in [0, 0.05) is 6.42 Å². The predicted molar refractivity (Wildman–Crippen MR) is 109 cm³/mol. The van der Waals surface area contributed by atoms with Gasteiger partial charge in [0.05, 0.1) is 11.4 Å². The molecule has 2 aromatic rings. The smallest absolute Gasteiger partial charge is 0.246 e. The Hall–Kier alpha value is -2.58. The summed E-state index contributed by atoms with van der Waals surface area (Å²) >= 11 is 6.57. The molecule has 8 heteroatoms. The molecule has 2 heterocycles. The average Bonchev–Trinajstić information content (AvgIpc) is 2.96. The van der Waals surface area contributed by atoms with Crippen LogP contribution >= 0.6 is 24.0 Å². The Balaban J connectivity index is 1.45. The van der Waals surface area contributed by atoms with Gasteiger partial charge in [0.1, 0.15) is 22.8 Å². The van der Waals surface area contributed by atoms with Gasteiger partial charge in [0.25, 0.3) is 0 Å². The number of carbonyl (C=O) groups is 2. The van der Waals surface area contributed by atoms with Crippen molar-refractivity contribution in [2.45, 2.75) is 11.7 Å². The summed E-state index contributed by atoms with van der Waals surface area (Å²) < 4.78 is 11.6. The molecule has 138 valence electrons. The zero-order valence-electron chi connectivity index (χ0n) is 14.2. The van der Waals surface area contributed by atoms with E-state index in [0.29, 0.717) is 40.4 Å². The number of thioether (sulfide) groups is 1. The first-order valence-corrected chi connectivity index (χ1v) is 9.70. The van der Waals surface area contributed by atoms with E-state index in [-0.39, 0.29) is 18.2 Å². The van der Waals surface area contributed by atoms with Crippen LogP contribution in [0.5, 0.6) is 11.5 Å². The number of fused-ring (bicyclic) bond motifs is 1. The van der Waals surface area contributed by atoms with Gasteiger partial charge >= 0.3 is 0 Å². The summed E-state index contributed by atoms with van der Waals surface area (Å²) in [7, 11) is 0. The van der Waals surface area contributed by atoms with Gasteiger partial charge in [0.2, 0.25) is 11.8 Å². The zero-order chi connectivity index (χ0) is 18.8. The standard InChI is InChI=1S/C19H16N2O4S2/c22-16(20-13-7-4-8-14-17(13)25-10-9-24-14)11-15-18(23)21(19(26)27-15)12-5-2-1-3-6-12/h1-8,15H,9-11H2,(H,20,22). The van der Waals surface area contributed by atoms with E-state index < -0.39 is 5.25 Å². The van der Waals surface area contributed by atoms with Crippen LogP contribution in [-0.4, -0.2) is 34.6 Å². The van der Waals surface area contributed by atoms with E-state index in [0.717, 1.165) is 0 Å². The number of thiocarbonyl (C=S) groups is 1. The van der Waals surface area contributed by atoms with Crippen LogP contribution in [0.4, 0.5) is 11.4 Å². The summed E-state index contributed by atoms with van der Waals surface area (Å²) in [5, 5.41) is 2.27. The summed E-state index contributed by atoms with van der Waals surface area (Å²) in [6, 6.07) is 14.5. The maximum Gasteiger partial charge on any atom is 0.246 e.